The number of nitrogen functional groups attached to an aromatic ring is 1. The lowest BCUT2D eigenvalue weighted by molar-refractivity contribution is 0.0564. The number of nitrogens with zero attached hydrogens (tertiary/aromatic N) is 2. The van der Waals surface area contributed by atoms with Crippen LogP contribution < -0.4 is 11.4 Å². The van der Waals surface area contributed by atoms with E-state index in [0.717, 1.165) is 0 Å². The van der Waals surface area contributed by atoms with Crippen molar-refractivity contribution in [3.8, 4) is 0 Å². The van der Waals surface area contributed by atoms with Crippen molar-refractivity contribution in [1.82, 2.24) is 9.55 Å². The molecule has 1 aromatic rings. The van der Waals surface area contributed by atoms with Crippen molar-refractivity contribution in [1.29, 1.82) is 0 Å². The Morgan fingerprint density at radius 1 is 1.75 bits per heavy atom. The number of anilines is 1. The number of hydrogen-bond acceptors (Lipinski definition) is 4. The van der Waals surface area contributed by atoms with Gasteiger partial charge in [0.1, 0.15) is 12.0 Å². The van der Waals surface area contributed by atoms with Crippen LogP contribution in [-0.4, -0.2) is 16.7 Å². The number of rotatable bonds is 2. The first-order chi connectivity index (χ1) is 5.65. The lowest BCUT2D eigenvalue weighted by Gasteiger charge is -2.11. The van der Waals surface area contributed by atoms with Crippen LogP contribution in [0.3, 0.4) is 0 Å². The van der Waals surface area contributed by atoms with Crippen molar-refractivity contribution in [2.45, 2.75) is 13.2 Å². The fraction of sp³-hybridized carbons (Fsp3) is 0.429. The third kappa shape index (κ3) is 1.62. The van der Waals surface area contributed by atoms with E-state index in [0.29, 0.717) is 0 Å². The molecule has 1 atom stereocenters. The lowest BCUT2D eigenvalue weighted by Crippen LogP contribution is -2.26. The Morgan fingerprint density at radius 3 is 2.92 bits per heavy atom. The van der Waals surface area contributed by atoms with E-state index < -0.39 is 5.69 Å². The predicted octanol–water partition coefficient (Wildman–Crippen LogP) is -0.00960. The van der Waals surface area contributed by atoms with Gasteiger partial charge in [-0.3, -0.25) is 4.57 Å². The lowest BCUT2D eigenvalue weighted by atomic mass is 10.5. The van der Waals surface area contributed by atoms with Crippen LogP contribution in [-0.2, 0) is 4.74 Å². The van der Waals surface area contributed by atoms with E-state index in [-0.39, 0.29) is 12.0 Å². The second-order valence-corrected chi connectivity index (χ2v) is 2.38. The fourth-order valence-electron chi connectivity index (χ4n) is 0.816. The van der Waals surface area contributed by atoms with Crippen molar-refractivity contribution in [2.24, 2.45) is 0 Å². The molecule has 66 valence electrons. The van der Waals surface area contributed by atoms with E-state index >= 15 is 0 Å². The maximum Gasteiger partial charge on any atom is 0.351 e. The summed E-state index contributed by atoms with van der Waals surface area (Å²) in [4.78, 5) is 14.7. The average Bonchev–Trinajstić information content (AvgIpc) is 2.03. The Hall–Kier alpha value is -1.36. The summed E-state index contributed by atoms with van der Waals surface area (Å²) < 4.78 is 6.30. The monoisotopic (exact) mass is 169 g/mol. The fourth-order valence-corrected chi connectivity index (χ4v) is 0.816. The molecule has 0 unspecified atom stereocenters. The Bertz CT molecular complexity index is 321. The van der Waals surface area contributed by atoms with Gasteiger partial charge in [0.05, 0.1) is 0 Å². The van der Waals surface area contributed by atoms with Gasteiger partial charge in [-0.25, -0.2) is 4.79 Å². The highest BCUT2D eigenvalue weighted by molar-refractivity contribution is 5.23. The minimum absolute atomic E-state index is 0.222. The molecule has 0 aliphatic rings. The SMILES string of the molecule is CO[C@H](C)n1ccc(N)nc1=O. The van der Waals surface area contributed by atoms with Crippen molar-refractivity contribution in [3.05, 3.63) is 22.7 Å². The van der Waals surface area contributed by atoms with Crippen molar-refractivity contribution >= 4 is 5.82 Å². The molecule has 5 heteroatoms. The highest BCUT2D eigenvalue weighted by atomic mass is 16.5. The molecule has 12 heavy (non-hydrogen) atoms. The van der Waals surface area contributed by atoms with Crippen molar-refractivity contribution in [3.63, 3.8) is 0 Å². The molecule has 0 saturated carbocycles. The van der Waals surface area contributed by atoms with Crippen LogP contribution in [0.4, 0.5) is 5.82 Å². The van der Waals surface area contributed by atoms with E-state index in [1.807, 2.05) is 0 Å². The summed E-state index contributed by atoms with van der Waals surface area (Å²) in [6.45, 7) is 1.75. The summed E-state index contributed by atoms with van der Waals surface area (Å²) in [6.07, 6.45) is 1.24. The molecule has 0 aliphatic carbocycles. The molecule has 1 aromatic heterocycles. The highest BCUT2D eigenvalue weighted by Gasteiger charge is 2.04. The van der Waals surface area contributed by atoms with Gasteiger partial charge in [-0.1, -0.05) is 0 Å². The summed E-state index contributed by atoms with van der Waals surface area (Å²) in [7, 11) is 1.52. The molecule has 0 aromatic carbocycles. The molecule has 1 heterocycles. The molecule has 0 spiro atoms. The quantitative estimate of drug-likeness (QED) is 0.676. The van der Waals surface area contributed by atoms with Gasteiger partial charge < -0.3 is 10.5 Å². The first-order valence-corrected chi connectivity index (χ1v) is 3.52. The van der Waals surface area contributed by atoms with Gasteiger partial charge in [-0.05, 0) is 13.0 Å². The highest BCUT2D eigenvalue weighted by Crippen LogP contribution is 2.01. The van der Waals surface area contributed by atoms with Crippen LogP contribution in [0.25, 0.3) is 0 Å². The Balaban J connectivity index is 3.10. The van der Waals surface area contributed by atoms with Crippen molar-refractivity contribution in [2.75, 3.05) is 12.8 Å². The molecule has 5 nitrogen and oxygen atoms in total. The molecule has 0 radical (unpaired) electrons. The molecule has 1 rings (SSSR count). The average molecular weight is 169 g/mol. The summed E-state index contributed by atoms with van der Waals surface area (Å²) in [5.74, 6) is 0.222. The zero-order valence-corrected chi connectivity index (χ0v) is 7.02. The minimum atomic E-state index is -0.399. The van der Waals surface area contributed by atoms with E-state index in [1.165, 1.54) is 11.7 Å². The van der Waals surface area contributed by atoms with Gasteiger partial charge in [0.15, 0.2) is 0 Å². The number of hydrogen-bond donors (Lipinski definition) is 1. The molecule has 2 N–H and O–H groups in total. The normalized spacial score (nSPS) is 12.8. The van der Waals surface area contributed by atoms with Crippen LogP contribution >= 0.6 is 0 Å². The minimum Gasteiger partial charge on any atom is -0.383 e. The summed E-state index contributed by atoms with van der Waals surface area (Å²) in [5, 5.41) is 0. The number of aromatic nitrogens is 2. The first kappa shape index (κ1) is 8.73. The van der Waals surface area contributed by atoms with E-state index in [2.05, 4.69) is 4.98 Å². The van der Waals surface area contributed by atoms with E-state index in [1.54, 1.807) is 19.2 Å². The maximum atomic E-state index is 11.1. The third-order valence-electron chi connectivity index (χ3n) is 1.58. The summed E-state index contributed by atoms with van der Waals surface area (Å²) in [5.41, 5.74) is 4.91. The molecule has 0 saturated heterocycles. The number of nitrogens with two attached hydrogens (primary N) is 1. The largest absolute Gasteiger partial charge is 0.383 e. The van der Waals surface area contributed by atoms with Gasteiger partial charge in [-0.2, -0.15) is 4.98 Å². The van der Waals surface area contributed by atoms with E-state index in [4.69, 9.17) is 10.5 Å². The molecule has 0 amide bonds. The molecular formula is C7H11N3O2. The third-order valence-corrected chi connectivity index (χ3v) is 1.58. The van der Waals surface area contributed by atoms with Crippen LogP contribution in [0.1, 0.15) is 13.2 Å². The Morgan fingerprint density at radius 2 is 2.42 bits per heavy atom. The second-order valence-electron chi connectivity index (χ2n) is 2.38. The van der Waals surface area contributed by atoms with Gasteiger partial charge in [0.2, 0.25) is 0 Å². The van der Waals surface area contributed by atoms with Gasteiger partial charge in [-0.15, -0.1) is 0 Å². The van der Waals surface area contributed by atoms with Crippen LogP contribution in [0.2, 0.25) is 0 Å². The molecule has 0 fully saturated rings. The standard InChI is InChI=1S/C7H11N3O2/c1-5(12-2)10-4-3-6(8)9-7(10)11/h3-5H,1-2H3,(H2,8,9,11)/t5-/m1/s1. The second kappa shape index (κ2) is 3.36. The summed E-state index contributed by atoms with van der Waals surface area (Å²) in [6, 6.07) is 1.55. The Labute approximate surface area is 69.8 Å². The molecule has 0 bridgehead atoms. The number of ether oxygens (including phenoxy) is 1. The topological polar surface area (TPSA) is 70.1 Å². The van der Waals surface area contributed by atoms with Crippen LogP contribution in [0.5, 0.6) is 0 Å². The zero-order valence-electron chi connectivity index (χ0n) is 7.02. The van der Waals surface area contributed by atoms with Crippen LogP contribution in [0, 0.1) is 0 Å². The zero-order chi connectivity index (χ0) is 9.14. The molecular weight excluding hydrogens is 158 g/mol. The van der Waals surface area contributed by atoms with Crippen LogP contribution in [0.15, 0.2) is 17.1 Å². The van der Waals surface area contributed by atoms with Gasteiger partial charge >= 0.3 is 5.69 Å². The van der Waals surface area contributed by atoms with E-state index in [9.17, 15) is 4.79 Å². The first-order valence-electron chi connectivity index (χ1n) is 3.52. The van der Waals surface area contributed by atoms with Gasteiger partial charge in [0, 0.05) is 13.3 Å². The Kier molecular flexibility index (Phi) is 2.44. The summed E-state index contributed by atoms with van der Waals surface area (Å²) >= 11 is 0. The smallest absolute Gasteiger partial charge is 0.351 e. The maximum absolute atomic E-state index is 11.1. The van der Waals surface area contributed by atoms with Crippen molar-refractivity contribution < 1.29 is 4.74 Å². The predicted molar refractivity (Wildman–Crippen MR) is 44.6 cm³/mol. The molecule has 0 aliphatic heterocycles. The number of methoxy groups -OCH3 is 1. The van der Waals surface area contributed by atoms with Gasteiger partial charge in [0.25, 0.3) is 0 Å².